The standard InChI is InChI=1S/C15H19NO3/c1-10-6-7-13(8-11(10)2)16-14(17)9-19-15(18)12-4-3-5-12/h6-8,12H,3-5,9H2,1-2H3,(H,16,17). The molecule has 2 rings (SSSR count). The molecule has 1 aliphatic rings. The number of hydrogen-bond donors (Lipinski definition) is 1. The molecule has 1 saturated carbocycles. The van der Waals surface area contributed by atoms with Crippen LogP contribution >= 0.6 is 0 Å². The molecule has 0 aliphatic heterocycles. The van der Waals surface area contributed by atoms with Crippen molar-refractivity contribution >= 4 is 17.6 Å². The summed E-state index contributed by atoms with van der Waals surface area (Å²) in [7, 11) is 0. The molecule has 0 spiro atoms. The maximum absolute atomic E-state index is 11.7. The van der Waals surface area contributed by atoms with E-state index in [4.69, 9.17) is 4.74 Å². The first kappa shape index (κ1) is 13.6. The van der Waals surface area contributed by atoms with E-state index in [9.17, 15) is 9.59 Å². The highest BCUT2D eigenvalue weighted by Gasteiger charge is 2.27. The molecule has 0 atom stereocenters. The smallest absolute Gasteiger partial charge is 0.309 e. The summed E-state index contributed by atoms with van der Waals surface area (Å²) in [6.07, 6.45) is 2.85. The summed E-state index contributed by atoms with van der Waals surface area (Å²) in [5.74, 6) is -0.535. The average Bonchev–Trinajstić information content (AvgIpc) is 2.29. The Morgan fingerprint density at radius 1 is 1.26 bits per heavy atom. The van der Waals surface area contributed by atoms with Gasteiger partial charge in [-0.2, -0.15) is 0 Å². The Morgan fingerprint density at radius 2 is 2.00 bits per heavy atom. The van der Waals surface area contributed by atoms with Crippen LogP contribution in [-0.4, -0.2) is 18.5 Å². The summed E-state index contributed by atoms with van der Waals surface area (Å²) in [6, 6.07) is 5.69. The van der Waals surface area contributed by atoms with Crippen LogP contribution in [-0.2, 0) is 14.3 Å². The van der Waals surface area contributed by atoms with Gasteiger partial charge >= 0.3 is 5.97 Å². The SMILES string of the molecule is Cc1ccc(NC(=O)COC(=O)C2CCC2)cc1C. The Bertz CT molecular complexity index is 492. The second-order valence-corrected chi connectivity index (χ2v) is 5.08. The van der Waals surface area contributed by atoms with Crippen molar-refractivity contribution < 1.29 is 14.3 Å². The second kappa shape index (κ2) is 5.87. The number of rotatable bonds is 4. The van der Waals surface area contributed by atoms with Gasteiger partial charge in [0, 0.05) is 5.69 Å². The number of carbonyl (C=O) groups is 2. The zero-order chi connectivity index (χ0) is 13.8. The van der Waals surface area contributed by atoms with E-state index < -0.39 is 0 Å². The van der Waals surface area contributed by atoms with E-state index in [-0.39, 0.29) is 24.4 Å². The Kier molecular flexibility index (Phi) is 4.20. The van der Waals surface area contributed by atoms with E-state index >= 15 is 0 Å². The molecule has 0 bridgehead atoms. The quantitative estimate of drug-likeness (QED) is 0.847. The van der Waals surface area contributed by atoms with Crippen LogP contribution in [0.3, 0.4) is 0 Å². The van der Waals surface area contributed by atoms with Crippen molar-refractivity contribution in [1.82, 2.24) is 0 Å². The molecule has 1 aromatic rings. The van der Waals surface area contributed by atoms with Gasteiger partial charge < -0.3 is 10.1 Å². The minimum absolute atomic E-state index is 0.00872. The molecule has 1 aromatic carbocycles. The van der Waals surface area contributed by atoms with E-state index in [1.54, 1.807) is 0 Å². The topological polar surface area (TPSA) is 55.4 Å². The van der Waals surface area contributed by atoms with Crippen molar-refractivity contribution in [2.75, 3.05) is 11.9 Å². The highest BCUT2D eigenvalue weighted by Crippen LogP contribution is 2.27. The third-order valence-electron chi connectivity index (χ3n) is 3.57. The minimum atomic E-state index is -0.295. The van der Waals surface area contributed by atoms with Crippen LogP contribution in [0.25, 0.3) is 0 Å². The maximum Gasteiger partial charge on any atom is 0.309 e. The molecule has 1 amide bonds. The van der Waals surface area contributed by atoms with E-state index in [0.717, 1.165) is 30.5 Å². The maximum atomic E-state index is 11.7. The Labute approximate surface area is 113 Å². The van der Waals surface area contributed by atoms with Gasteiger partial charge in [-0.15, -0.1) is 0 Å². The van der Waals surface area contributed by atoms with Gasteiger partial charge in [0.2, 0.25) is 0 Å². The molecule has 4 heteroatoms. The van der Waals surface area contributed by atoms with E-state index in [2.05, 4.69) is 5.32 Å². The zero-order valence-corrected chi connectivity index (χ0v) is 11.4. The number of amides is 1. The van der Waals surface area contributed by atoms with Gasteiger partial charge in [-0.3, -0.25) is 9.59 Å². The molecule has 0 heterocycles. The molecule has 102 valence electrons. The van der Waals surface area contributed by atoms with Crippen molar-refractivity contribution in [3.8, 4) is 0 Å². The molecule has 1 fully saturated rings. The normalized spacial score (nSPS) is 14.6. The largest absolute Gasteiger partial charge is 0.455 e. The van der Waals surface area contributed by atoms with Crippen LogP contribution in [0.1, 0.15) is 30.4 Å². The third-order valence-corrected chi connectivity index (χ3v) is 3.57. The summed E-state index contributed by atoms with van der Waals surface area (Å²) < 4.78 is 4.98. The van der Waals surface area contributed by atoms with Crippen molar-refractivity contribution in [2.45, 2.75) is 33.1 Å². The van der Waals surface area contributed by atoms with Crippen LogP contribution in [0.4, 0.5) is 5.69 Å². The fraction of sp³-hybridized carbons (Fsp3) is 0.467. The van der Waals surface area contributed by atoms with Gasteiger partial charge in [0.25, 0.3) is 5.91 Å². The van der Waals surface area contributed by atoms with E-state index in [1.807, 2.05) is 32.0 Å². The third kappa shape index (κ3) is 3.56. The molecule has 0 saturated heterocycles. The van der Waals surface area contributed by atoms with Gasteiger partial charge in [-0.25, -0.2) is 0 Å². The molecule has 1 N–H and O–H groups in total. The lowest BCUT2D eigenvalue weighted by atomic mass is 9.86. The fourth-order valence-corrected chi connectivity index (χ4v) is 1.91. The van der Waals surface area contributed by atoms with Crippen LogP contribution in [0.15, 0.2) is 18.2 Å². The summed E-state index contributed by atoms with van der Waals surface area (Å²) in [4.78, 5) is 23.1. The Morgan fingerprint density at radius 3 is 2.58 bits per heavy atom. The lowest BCUT2D eigenvalue weighted by Crippen LogP contribution is -2.28. The first-order valence-electron chi connectivity index (χ1n) is 6.60. The van der Waals surface area contributed by atoms with Gasteiger partial charge in [-0.1, -0.05) is 12.5 Å². The van der Waals surface area contributed by atoms with Crippen molar-refractivity contribution in [3.05, 3.63) is 29.3 Å². The van der Waals surface area contributed by atoms with Crippen LogP contribution < -0.4 is 5.32 Å². The lowest BCUT2D eigenvalue weighted by molar-refractivity contribution is -0.154. The molecular formula is C15H19NO3. The lowest BCUT2D eigenvalue weighted by Gasteiger charge is -2.22. The molecule has 0 radical (unpaired) electrons. The summed E-state index contributed by atoms with van der Waals surface area (Å²) >= 11 is 0. The predicted molar refractivity (Wildman–Crippen MR) is 72.8 cm³/mol. The summed E-state index contributed by atoms with van der Waals surface area (Å²) in [6.45, 7) is 3.80. The number of anilines is 1. The number of hydrogen-bond acceptors (Lipinski definition) is 3. The molecule has 4 nitrogen and oxygen atoms in total. The van der Waals surface area contributed by atoms with Crippen molar-refractivity contribution in [2.24, 2.45) is 5.92 Å². The van der Waals surface area contributed by atoms with E-state index in [0.29, 0.717) is 0 Å². The fourth-order valence-electron chi connectivity index (χ4n) is 1.91. The molecule has 1 aliphatic carbocycles. The molecule has 0 aromatic heterocycles. The number of benzene rings is 1. The first-order chi connectivity index (χ1) is 9.06. The van der Waals surface area contributed by atoms with Crippen LogP contribution in [0, 0.1) is 19.8 Å². The molecule has 19 heavy (non-hydrogen) atoms. The second-order valence-electron chi connectivity index (χ2n) is 5.08. The summed E-state index contributed by atoms with van der Waals surface area (Å²) in [5.41, 5.74) is 3.02. The van der Waals surface area contributed by atoms with Gasteiger partial charge in [0.05, 0.1) is 5.92 Å². The van der Waals surface area contributed by atoms with Gasteiger partial charge in [0.1, 0.15) is 0 Å². The first-order valence-corrected chi connectivity index (χ1v) is 6.60. The molecular weight excluding hydrogens is 242 g/mol. The van der Waals surface area contributed by atoms with Gasteiger partial charge in [-0.05, 0) is 49.9 Å². The summed E-state index contributed by atoms with van der Waals surface area (Å²) in [5, 5.41) is 2.72. The van der Waals surface area contributed by atoms with Gasteiger partial charge in [0.15, 0.2) is 6.61 Å². The van der Waals surface area contributed by atoms with Crippen LogP contribution in [0.2, 0.25) is 0 Å². The number of carbonyl (C=O) groups excluding carboxylic acids is 2. The van der Waals surface area contributed by atoms with Crippen molar-refractivity contribution in [1.29, 1.82) is 0 Å². The predicted octanol–water partition coefficient (Wildman–Crippen LogP) is 2.59. The number of aryl methyl sites for hydroxylation is 2. The zero-order valence-electron chi connectivity index (χ0n) is 11.4. The van der Waals surface area contributed by atoms with Crippen LogP contribution in [0.5, 0.6) is 0 Å². The highest BCUT2D eigenvalue weighted by atomic mass is 16.5. The number of ether oxygens (including phenoxy) is 1. The van der Waals surface area contributed by atoms with Crippen molar-refractivity contribution in [3.63, 3.8) is 0 Å². The number of esters is 1. The Balaban J connectivity index is 1.80. The number of nitrogens with one attached hydrogen (secondary N) is 1. The minimum Gasteiger partial charge on any atom is -0.455 e. The van der Waals surface area contributed by atoms with E-state index in [1.165, 1.54) is 5.56 Å². The average molecular weight is 261 g/mol. The Hall–Kier alpha value is -1.84. The highest BCUT2D eigenvalue weighted by molar-refractivity contribution is 5.93. The molecule has 0 unspecified atom stereocenters. The monoisotopic (exact) mass is 261 g/mol.